The number of rotatable bonds is 5. The summed E-state index contributed by atoms with van der Waals surface area (Å²) in [6.45, 7) is 0. The number of thioether (sulfide) groups is 1. The van der Waals surface area contributed by atoms with E-state index in [0.29, 0.717) is 5.16 Å². The third-order valence-corrected chi connectivity index (χ3v) is 3.84. The molecule has 0 radical (unpaired) electrons. The molecule has 106 valence electrons. The average molecular weight is 291 g/mol. The Labute approximate surface area is 122 Å². The molecule has 0 aliphatic heterocycles. The number of nitrogens with zero attached hydrogens (tertiary/aromatic N) is 4. The zero-order valence-corrected chi connectivity index (χ0v) is 12.5. The average Bonchev–Trinajstić information content (AvgIpc) is 2.78. The third kappa shape index (κ3) is 3.11. The molecule has 0 saturated carbocycles. The first-order valence-electron chi connectivity index (χ1n) is 6.07. The number of anilines is 1. The van der Waals surface area contributed by atoms with Crippen LogP contribution in [0.3, 0.4) is 0 Å². The Hall–Kier alpha value is -2.02. The fraction of sp³-hybridized carbons (Fsp3) is 0.308. The lowest BCUT2D eigenvalue weighted by molar-refractivity contribution is -0.115. The van der Waals surface area contributed by atoms with Gasteiger partial charge in [-0.3, -0.25) is 4.79 Å². The summed E-state index contributed by atoms with van der Waals surface area (Å²) in [6.07, 6.45) is 0. The van der Waals surface area contributed by atoms with Crippen LogP contribution in [0.25, 0.3) is 11.4 Å². The summed E-state index contributed by atoms with van der Waals surface area (Å²) in [5.74, 6) is 0.596. The van der Waals surface area contributed by atoms with E-state index in [9.17, 15) is 4.79 Å². The maximum absolute atomic E-state index is 10.8. The summed E-state index contributed by atoms with van der Waals surface area (Å²) in [5, 5.41) is 8.95. The van der Waals surface area contributed by atoms with Crippen LogP contribution in [-0.2, 0) is 11.8 Å². The molecule has 6 nitrogen and oxygen atoms in total. The number of hydrogen-bond acceptors (Lipinski definition) is 5. The molecule has 0 aliphatic rings. The van der Waals surface area contributed by atoms with Crippen molar-refractivity contribution in [1.29, 1.82) is 0 Å². The van der Waals surface area contributed by atoms with Crippen LogP contribution in [0.4, 0.5) is 5.69 Å². The van der Waals surface area contributed by atoms with E-state index in [1.807, 2.05) is 54.9 Å². The van der Waals surface area contributed by atoms with Gasteiger partial charge in [-0.1, -0.05) is 23.9 Å². The molecule has 0 atom stereocenters. The van der Waals surface area contributed by atoms with E-state index in [0.717, 1.165) is 17.1 Å². The molecule has 0 bridgehead atoms. The largest absolute Gasteiger partial charge is 0.378 e. The molecule has 2 rings (SSSR count). The third-order valence-electron chi connectivity index (χ3n) is 2.80. The maximum atomic E-state index is 10.8. The van der Waals surface area contributed by atoms with Crippen molar-refractivity contribution in [2.24, 2.45) is 12.8 Å². The number of primary amides is 1. The van der Waals surface area contributed by atoms with Gasteiger partial charge in [-0.25, -0.2) is 0 Å². The van der Waals surface area contributed by atoms with Crippen molar-refractivity contribution in [2.45, 2.75) is 5.16 Å². The van der Waals surface area contributed by atoms with Gasteiger partial charge in [0.05, 0.1) is 5.75 Å². The summed E-state index contributed by atoms with van der Waals surface area (Å²) >= 11 is 1.29. The number of amides is 1. The first-order chi connectivity index (χ1) is 9.49. The first-order valence-corrected chi connectivity index (χ1v) is 7.06. The van der Waals surface area contributed by atoms with Crippen molar-refractivity contribution in [1.82, 2.24) is 14.8 Å². The highest BCUT2D eigenvalue weighted by Gasteiger charge is 2.12. The molecule has 0 unspecified atom stereocenters. The van der Waals surface area contributed by atoms with Gasteiger partial charge in [0.15, 0.2) is 11.0 Å². The molecule has 0 spiro atoms. The fourth-order valence-corrected chi connectivity index (χ4v) is 2.40. The number of benzene rings is 1. The zero-order chi connectivity index (χ0) is 14.7. The van der Waals surface area contributed by atoms with E-state index in [1.54, 1.807) is 0 Å². The number of carbonyl (C=O) groups excluding carboxylic acids is 1. The predicted octanol–water partition coefficient (Wildman–Crippen LogP) is 1.13. The second kappa shape index (κ2) is 5.96. The van der Waals surface area contributed by atoms with Crippen LogP contribution in [0, 0.1) is 0 Å². The Kier molecular flexibility index (Phi) is 4.29. The van der Waals surface area contributed by atoms with Gasteiger partial charge < -0.3 is 15.2 Å². The van der Waals surface area contributed by atoms with Gasteiger partial charge >= 0.3 is 0 Å². The molecule has 1 amide bonds. The van der Waals surface area contributed by atoms with Crippen molar-refractivity contribution >= 4 is 23.4 Å². The summed E-state index contributed by atoms with van der Waals surface area (Å²) in [5.41, 5.74) is 7.22. The lowest BCUT2D eigenvalue weighted by atomic mass is 10.2. The van der Waals surface area contributed by atoms with Gasteiger partial charge in [0.25, 0.3) is 0 Å². The molecule has 20 heavy (non-hydrogen) atoms. The Morgan fingerprint density at radius 2 is 2.15 bits per heavy atom. The minimum Gasteiger partial charge on any atom is -0.378 e. The maximum Gasteiger partial charge on any atom is 0.227 e. The van der Waals surface area contributed by atoms with Crippen molar-refractivity contribution in [2.75, 3.05) is 24.7 Å². The Bertz CT molecular complexity index is 623. The standard InChI is InChI=1S/C13H17N5OS/c1-17(2)10-6-4-5-9(7-10)12-15-16-13(18(12)3)20-8-11(14)19/h4-7H,8H2,1-3H3,(H2,14,19). The lowest BCUT2D eigenvalue weighted by Crippen LogP contribution is -2.13. The molecule has 2 aromatic rings. The highest BCUT2D eigenvalue weighted by Crippen LogP contribution is 2.25. The van der Waals surface area contributed by atoms with Gasteiger partial charge in [-0.2, -0.15) is 0 Å². The number of aromatic nitrogens is 3. The van der Waals surface area contributed by atoms with Gasteiger partial charge in [0, 0.05) is 32.4 Å². The van der Waals surface area contributed by atoms with E-state index in [2.05, 4.69) is 10.2 Å². The summed E-state index contributed by atoms with van der Waals surface area (Å²) in [7, 11) is 5.86. The lowest BCUT2D eigenvalue weighted by Gasteiger charge is -2.13. The SMILES string of the molecule is CN(C)c1cccc(-c2nnc(SCC(N)=O)n2C)c1. The zero-order valence-electron chi connectivity index (χ0n) is 11.7. The minimum atomic E-state index is -0.367. The van der Waals surface area contributed by atoms with Gasteiger partial charge in [-0.05, 0) is 12.1 Å². The van der Waals surface area contributed by atoms with Crippen LogP contribution < -0.4 is 10.6 Å². The van der Waals surface area contributed by atoms with Crippen LogP contribution in [0.2, 0.25) is 0 Å². The molecule has 1 aromatic carbocycles. The summed E-state index contributed by atoms with van der Waals surface area (Å²) < 4.78 is 1.86. The number of hydrogen-bond donors (Lipinski definition) is 1. The van der Waals surface area contributed by atoms with Crippen LogP contribution in [0.15, 0.2) is 29.4 Å². The Morgan fingerprint density at radius 3 is 2.80 bits per heavy atom. The quantitative estimate of drug-likeness (QED) is 0.836. The molecule has 1 aromatic heterocycles. The molecular weight excluding hydrogens is 274 g/mol. The summed E-state index contributed by atoms with van der Waals surface area (Å²) in [4.78, 5) is 12.8. The molecule has 7 heteroatoms. The summed E-state index contributed by atoms with van der Waals surface area (Å²) in [6, 6.07) is 8.05. The monoisotopic (exact) mass is 291 g/mol. The van der Waals surface area contributed by atoms with E-state index in [-0.39, 0.29) is 11.7 Å². The van der Waals surface area contributed by atoms with E-state index in [4.69, 9.17) is 5.73 Å². The van der Waals surface area contributed by atoms with Crippen LogP contribution >= 0.6 is 11.8 Å². The normalized spacial score (nSPS) is 10.6. The molecule has 0 saturated heterocycles. The molecule has 1 heterocycles. The van der Waals surface area contributed by atoms with Crippen molar-refractivity contribution < 1.29 is 4.79 Å². The highest BCUT2D eigenvalue weighted by atomic mass is 32.2. The highest BCUT2D eigenvalue weighted by molar-refractivity contribution is 7.99. The number of carbonyl (C=O) groups is 1. The molecular formula is C13H17N5OS. The fourth-order valence-electron chi connectivity index (χ4n) is 1.75. The van der Waals surface area contributed by atoms with Crippen molar-refractivity contribution in [3.05, 3.63) is 24.3 Å². The van der Waals surface area contributed by atoms with Crippen LogP contribution in [-0.4, -0.2) is 40.5 Å². The topological polar surface area (TPSA) is 77.0 Å². The van der Waals surface area contributed by atoms with Crippen molar-refractivity contribution in [3.63, 3.8) is 0 Å². The number of nitrogens with two attached hydrogens (primary N) is 1. The van der Waals surface area contributed by atoms with E-state index < -0.39 is 0 Å². The Balaban J connectivity index is 2.29. The first kappa shape index (κ1) is 14.4. The van der Waals surface area contributed by atoms with Gasteiger partial charge in [-0.15, -0.1) is 10.2 Å². The van der Waals surface area contributed by atoms with Crippen LogP contribution in [0.5, 0.6) is 0 Å². The van der Waals surface area contributed by atoms with Crippen LogP contribution in [0.1, 0.15) is 0 Å². The van der Waals surface area contributed by atoms with Crippen molar-refractivity contribution in [3.8, 4) is 11.4 Å². The smallest absolute Gasteiger partial charge is 0.227 e. The van der Waals surface area contributed by atoms with E-state index >= 15 is 0 Å². The Morgan fingerprint density at radius 1 is 1.40 bits per heavy atom. The second-order valence-electron chi connectivity index (χ2n) is 4.56. The molecule has 0 fully saturated rings. The predicted molar refractivity (Wildman–Crippen MR) is 80.7 cm³/mol. The molecule has 2 N–H and O–H groups in total. The molecule has 0 aliphatic carbocycles. The van der Waals surface area contributed by atoms with Gasteiger partial charge in [0.1, 0.15) is 0 Å². The van der Waals surface area contributed by atoms with E-state index in [1.165, 1.54) is 11.8 Å². The second-order valence-corrected chi connectivity index (χ2v) is 5.51. The van der Waals surface area contributed by atoms with Gasteiger partial charge in [0.2, 0.25) is 5.91 Å². The minimum absolute atomic E-state index is 0.198.